The quantitative estimate of drug-likeness (QED) is 0.787. The summed E-state index contributed by atoms with van der Waals surface area (Å²) in [5.74, 6) is -0.145. The Morgan fingerprint density at radius 2 is 1.96 bits per heavy atom. The first-order chi connectivity index (χ1) is 11.7. The highest BCUT2D eigenvalue weighted by Gasteiger charge is 2.35. The topological polar surface area (TPSA) is 75.7 Å². The Hall–Kier alpha value is -1.77. The fourth-order valence-corrected chi connectivity index (χ4v) is 3.77. The largest absolute Gasteiger partial charge is 0.476 e. The van der Waals surface area contributed by atoms with Gasteiger partial charge in [0.1, 0.15) is 5.75 Å². The van der Waals surface area contributed by atoms with E-state index < -0.39 is 22.0 Å². The van der Waals surface area contributed by atoms with Crippen molar-refractivity contribution in [1.82, 2.24) is 0 Å². The number of hydrogen-bond donors (Lipinski definition) is 1. The summed E-state index contributed by atoms with van der Waals surface area (Å²) >= 11 is 9.27. The number of nitrogens with one attached hydrogen (secondary N) is 1. The van der Waals surface area contributed by atoms with Gasteiger partial charge in [0.05, 0.1) is 18.5 Å². The maximum absolute atomic E-state index is 12.5. The number of sulfonamides is 1. The van der Waals surface area contributed by atoms with E-state index in [4.69, 9.17) is 16.3 Å². The molecule has 2 aromatic carbocycles. The number of carbonyl (C=O) groups excluding carboxylic acids is 1. The fraction of sp³-hybridized carbons (Fsp3) is 0.188. The van der Waals surface area contributed by atoms with Gasteiger partial charge in [-0.25, -0.2) is 8.42 Å². The summed E-state index contributed by atoms with van der Waals surface area (Å²) in [4.78, 5) is 12.5. The predicted molar refractivity (Wildman–Crippen MR) is 101 cm³/mol. The Morgan fingerprint density at radius 3 is 2.60 bits per heavy atom. The lowest BCUT2D eigenvalue weighted by molar-refractivity contribution is -0.122. The standard InChI is InChI=1S/C16H14BrClN2O4S/c1-25(22,23)20-9-15(24-14-7-4-11(18)8-13(14)20)16(21)19-12-5-2-10(17)3-6-12/h2-8,15H,9H2,1H3,(H,19,21)/t15-/m0/s1. The zero-order valence-corrected chi connectivity index (χ0v) is 16.2. The first kappa shape index (κ1) is 18.0. The van der Waals surface area contributed by atoms with E-state index in [1.54, 1.807) is 36.4 Å². The molecule has 0 spiro atoms. The van der Waals surface area contributed by atoms with Gasteiger partial charge in [0.2, 0.25) is 10.0 Å². The van der Waals surface area contributed by atoms with Crippen LogP contribution in [-0.4, -0.2) is 33.2 Å². The highest BCUT2D eigenvalue weighted by Crippen LogP contribution is 2.37. The van der Waals surface area contributed by atoms with Crippen LogP contribution < -0.4 is 14.4 Å². The van der Waals surface area contributed by atoms with Crippen molar-refractivity contribution in [3.63, 3.8) is 0 Å². The number of benzene rings is 2. The Kier molecular flexibility index (Phi) is 4.95. The SMILES string of the molecule is CS(=O)(=O)N1C[C@@H](C(=O)Nc2ccc(Br)cc2)Oc2ccc(Cl)cc21. The minimum Gasteiger partial charge on any atom is -0.476 e. The van der Waals surface area contributed by atoms with Crippen LogP contribution in [0.2, 0.25) is 5.02 Å². The molecule has 1 aliphatic heterocycles. The number of hydrogen-bond acceptors (Lipinski definition) is 4. The number of ether oxygens (including phenoxy) is 1. The minimum atomic E-state index is -3.59. The highest BCUT2D eigenvalue weighted by atomic mass is 79.9. The van der Waals surface area contributed by atoms with Gasteiger partial charge in [-0.15, -0.1) is 0 Å². The molecule has 132 valence electrons. The van der Waals surface area contributed by atoms with Crippen molar-refractivity contribution < 1.29 is 17.9 Å². The van der Waals surface area contributed by atoms with Gasteiger partial charge >= 0.3 is 0 Å². The monoisotopic (exact) mass is 444 g/mol. The smallest absolute Gasteiger partial charge is 0.267 e. The van der Waals surface area contributed by atoms with Gasteiger partial charge in [-0.05, 0) is 42.5 Å². The third kappa shape index (κ3) is 4.08. The molecule has 1 heterocycles. The molecule has 0 saturated carbocycles. The molecule has 9 heteroatoms. The van der Waals surface area contributed by atoms with Gasteiger partial charge in [-0.2, -0.15) is 0 Å². The van der Waals surface area contributed by atoms with Crippen molar-refractivity contribution >= 4 is 54.8 Å². The molecule has 1 atom stereocenters. The van der Waals surface area contributed by atoms with Crippen molar-refractivity contribution in [3.8, 4) is 5.75 Å². The van der Waals surface area contributed by atoms with Crippen LogP contribution >= 0.6 is 27.5 Å². The maximum atomic E-state index is 12.5. The number of rotatable bonds is 3. The molecule has 1 amide bonds. The molecule has 25 heavy (non-hydrogen) atoms. The third-order valence-electron chi connectivity index (χ3n) is 3.60. The molecule has 0 unspecified atom stereocenters. The molecule has 1 aliphatic rings. The van der Waals surface area contributed by atoms with Gasteiger partial charge in [-0.1, -0.05) is 27.5 Å². The molecule has 1 N–H and O–H groups in total. The summed E-state index contributed by atoms with van der Waals surface area (Å²) in [6.45, 7) is -0.130. The van der Waals surface area contributed by atoms with E-state index in [1.807, 2.05) is 0 Å². The van der Waals surface area contributed by atoms with E-state index in [1.165, 1.54) is 6.07 Å². The molecule has 6 nitrogen and oxygen atoms in total. The van der Waals surface area contributed by atoms with E-state index in [-0.39, 0.29) is 12.3 Å². The van der Waals surface area contributed by atoms with Crippen LogP contribution in [0.1, 0.15) is 0 Å². The van der Waals surface area contributed by atoms with Crippen LogP contribution in [0.25, 0.3) is 0 Å². The second-order valence-electron chi connectivity index (χ2n) is 5.51. The Morgan fingerprint density at radius 1 is 1.28 bits per heavy atom. The third-order valence-corrected chi connectivity index (χ3v) is 5.51. The second kappa shape index (κ2) is 6.86. The molecule has 2 aromatic rings. The molecule has 0 saturated heterocycles. The average Bonchev–Trinajstić information content (AvgIpc) is 2.55. The van der Waals surface area contributed by atoms with Gasteiger partial charge in [0.25, 0.3) is 5.91 Å². The van der Waals surface area contributed by atoms with E-state index in [9.17, 15) is 13.2 Å². The van der Waals surface area contributed by atoms with E-state index >= 15 is 0 Å². The van der Waals surface area contributed by atoms with E-state index in [0.29, 0.717) is 16.4 Å². The first-order valence-electron chi connectivity index (χ1n) is 7.24. The van der Waals surface area contributed by atoms with Crippen molar-refractivity contribution in [2.24, 2.45) is 0 Å². The summed E-state index contributed by atoms with van der Waals surface area (Å²) in [6.07, 6.45) is 0.0965. The predicted octanol–water partition coefficient (Wildman–Crippen LogP) is 3.27. The summed E-state index contributed by atoms with van der Waals surface area (Å²) < 4.78 is 31.9. The van der Waals surface area contributed by atoms with E-state index in [2.05, 4.69) is 21.2 Å². The summed E-state index contributed by atoms with van der Waals surface area (Å²) in [5, 5.41) is 3.10. The Labute approximate surface area is 158 Å². The number of halogens is 2. The number of nitrogens with zero attached hydrogens (tertiary/aromatic N) is 1. The normalized spacial score (nSPS) is 16.8. The zero-order chi connectivity index (χ0) is 18.2. The molecule has 3 rings (SSSR count). The van der Waals surface area contributed by atoms with Crippen LogP contribution in [0.5, 0.6) is 5.75 Å². The number of fused-ring (bicyclic) bond motifs is 1. The molecular formula is C16H14BrClN2O4S. The zero-order valence-electron chi connectivity index (χ0n) is 13.1. The number of anilines is 2. The molecule has 0 fully saturated rings. The number of carbonyl (C=O) groups is 1. The van der Waals surface area contributed by atoms with Crippen LogP contribution in [0.15, 0.2) is 46.9 Å². The second-order valence-corrected chi connectivity index (χ2v) is 8.77. The summed E-state index contributed by atoms with van der Waals surface area (Å²) in [6, 6.07) is 11.7. The van der Waals surface area contributed by atoms with Crippen molar-refractivity contribution in [2.75, 3.05) is 22.4 Å². The maximum Gasteiger partial charge on any atom is 0.267 e. The van der Waals surface area contributed by atoms with Gasteiger partial charge in [0.15, 0.2) is 6.10 Å². The van der Waals surface area contributed by atoms with Crippen LogP contribution in [0, 0.1) is 0 Å². The molecule has 0 aliphatic carbocycles. The van der Waals surface area contributed by atoms with Crippen molar-refractivity contribution in [3.05, 3.63) is 52.0 Å². The van der Waals surface area contributed by atoms with Crippen LogP contribution in [0.4, 0.5) is 11.4 Å². The lowest BCUT2D eigenvalue weighted by Crippen LogP contribution is -2.48. The van der Waals surface area contributed by atoms with Crippen LogP contribution in [-0.2, 0) is 14.8 Å². The fourth-order valence-electron chi connectivity index (χ4n) is 2.43. The molecule has 0 bridgehead atoms. The van der Waals surface area contributed by atoms with E-state index in [0.717, 1.165) is 15.0 Å². The summed E-state index contributed by atoms with van der Waals surface area (Å²) in [7, 11) is -3.59. The number of amides is 1. The Bertz CT molecular complexity index is 918. The van der Waals surface area contributed by atoms with Gasteiger partial charge in [0, 0.05) is 15.2 Å². The van der Waals surface area contributed by atoms with Gasteiger partial charge < -0.3 is 10.1 Å². The van der Waals surface area contributed by atoms with Gasteiger partial charge in [-0.3, -0.25) is 9.10 Å². The molecule has 0 aromatic heterocycles. The van der Waals surface area contributed by atoms with Crippen molar-refractivity contribution in [2.45, 2.75) is 6.10 Å². The highest BCUT2D eigenvalue weighted by molar-refractivity contribution is 9.10. The van der Waals surface area contributed by atoms with Crippen LogP contribution in [0.3, 0.4) is 0 Å². The lowest BCUT2D eigenvalue weighted by atomic mass is 10.2. The summed E-state index contributed by atoms with van der Waals surface area (Å²) in [5.41, 5.74) is 0.910. The first-order valence-corrected chi connectivity index (χ1v) is 10.3. The lowest BCUT2D eigenvalue weighted by Gasteiger charge is -2.34. The minimum absolute atomic E-state index is 0.130. The average molecular weight is 446 g/mol. The molecular weight excluding hydrogens is 432 g/mol. The Balaban J connectivity index is 1.87. The van der Waals surface area contributed by atoms with Crippen molar-refractivity contribution in [1.29, 1.82) is 0 Å². The molecule has 0 radical (unpaired) electrons.